The zero-order valence-electron chi connectivity index (χ0n) is 10.8. The average Bonchev–Trinajstić information content (AvgIpc) is 2.96. The summed E-state index contributed by atoms with van der Waals surface area (Å²) in [6.45, 7) is 5.64. The van der Waals surface area contributed by atoms with Gasteiger partial charge in [0.2, 0.25) is 0 Å². The number of thiazole rings is 2. The summed E-state index contributed by atoms with van der Waals surface area (Å²) in [6, 6.07) is 0. The fourth-order valence-corrected chi connectivity index (χ4v) is 3.33. The zero-order valence-corrected chi connectivity index (χ0v) is 12.5. The first kappa shape index (κ1) is 13.5. The summed E-state index contributed by atoms with van der Waals surface area (Å²) in [5.74, 6) is 0. The lowest BCUT2D eigenvalue weighted by Gasteiger charge is -1.99. The molecule has 0 fully saturated rings. The number of nitrogens with zero attached hydrogens (tertiary/aromatic N) is 2. The molecule has 0 aliphatic heterocycles. The molecule has 18 heavy (non-hydrogen) atoms. The van der Waals surface area contributed by atoms with Gasteiger partial charge in [-0.15, -0.1) is 22.7 Å². The molecule has 2 rings (SSSR count). The predicted molar refractivity (Wildman–Crippen MR) is 77.7 cm³/mol. The molecule has 0 aromatic carbocycles. The van der Waals surface area contributed by atoms with E-state index in [1.165, 1.54) is 9.88 Å². The van der Waals surface area contributed by atoms with Crippen molar-refractivity contribution in [3.63, 3.8) is 0 Å². The summed E-state index contributed by atoms with van der Waals surface area (Å²) < 4.78 is 5.00. The van der Waals surface area contributed by atoms with Crippen LogP contribution in [0.15, 0.2) is 5.38 Å². The van der Waals surface area contributed by atoms with Gasteiger partial charge in [0.25, 0.3) is 0 Å². The Morgan fingerprint density at radius 2 is 2.22 bits per heavy atom. The zero-order chi connectivity index (χ0) is 13.0. The summed E-state index contributed by atoms with van der Waals surface area (Å²) in [5.41, 5.74) is 2.10. The van der Waals surface area contributed by atoms with E-state index in [0.717, 1.165) is 29.5 Å². The third kappa shape index (κ3) is 3.07. The second-order valence-electron chi connectivity index (χ2n) is 3.83. The Morgan fingerprint density at radius 3 is 2.89 bits per heavy atom. The van der Waals surface area contributed by atoms with Crippen LogP contribution >= 0.6 is 22.7 Å². The normalized spacial score (nSPS) is 10.8. The number of ether oxygens (including phenoxy) is 1. The number of hydrogen-bond donors (Lipinski definition) is 1. The second-order valence-corrected chi connectivity index (χ2v) is 5.77. The maximum absolute atomic E-state index is 5.00. The number of methoxy groups -OCH3 is 1. The second kappa shape index (κ2) is 6.26. The Hall–Kier alpha value is -0.980. The van der Waals surface area contributed by atoms with Gasteiger partial charge in [-0.05, 0) is 13.3 Å². The number of anilines is 1. The molecule has 0 radical (unpaired) electrons. The number of rotatable bonds is 6. The van der Waals surface area contributed by atoms with Crippen LogP contribution in [0.4, 0.5) is 5.13 Å². The van der Waals surface area contributed by atoms with Crippen molar-refractivity contribution < 1.29 is 4.74 Å². The lowest BCUT2D eigenvalue weighted by molar-refractivity contribution is 0.211. The maximum Gasteiger partial charge on any atom is 0.183 e. The lowest BCUT2D eigenvalue weighted by atomic mass is 10.3. The van der Waals surface area contributed by atoms with Crippen LogP contribution in [0.5, 0.6) is 0 Å². The third-order valence-electron chi connectivity index (χ3n) is 2.46. The highest BCUT2D eigenvalue weighted by molar-refractivity contribution is 7.16. The standard InChI is InChI=1S/C12H17N3OS2/c1-4-10-14-8(2)11(18-10)9-7-17-12(15-9)13-5-6-16-3/h7H,4-6H2,1-3H3,(H,13,15). The van der Waals surface area contributed by atoms with Crippen LogP contribution in [-0.4, -0.2) is 30.2 Å². The minimum absolute atomic E-state index is 0.689. The molecule has 0 amide bonds. The molecule has 1 N–H and O–H groups in total. The molecular weight excluding hydrogens is 266 g/mol. The van der Waals surface area contributed by atoms with Crippen molar-refractivity contribution in [3.05, 3.63) is 16.1 Å². The molecule has 0 aliphatic rings. The van der Waals surface area contributed by atoms with Gasteiger partial charge in [-0.3, -0.25) is 0 Å². The fraction of sp³-hybridized carbons (Fsp3) is 0.500. The quantitative estimate of drug-likeness (QED) is 0.827. The SMILES string of the molecule is CCc1nc(C)c(-c2csc(NCCOC)n2)s1. The van der Waals surface area contributed by atoms with E-state index in [0.29, 0.717) is 6.61 Å². The molecule has 0 unspecified atom stereocenters. The summed E-state index contributed by atoms with van der Waals surface area (Å²) in [7, 11) is 1.70. The lowest BCUT2D eigenvalue weighted by Crippen LogP contribution is -2.06. The number of aromatic nitrogens is 2. The Labute approximate surface area is 115 Å². The van der Waals surface area contributed by atoms with Gasteiger partial charge in [-0.1, -0.05) is 6.92 Å². The van der Waals surface area contributed by atoms with Gasteiger partial charge < -0.3 is 10.1 Å². The first-order valence-corrected chi connectivity index (χ1v) is 7.59. The van der Waals surface area contributed by atoms with Crippen LogP contribution < -0.4 is 5.32 Å². The van der Waals surface area contributed by atoms with E-state index in [9.17, 15) is 0 Å². The summed E-state index contributed by atoms with van der Waals surface area (Å²) >= 11 is 3.36. The van der Waals surface area contributed by atoms with Gasteiger partial charge in [-0.2, -0.15) is 0 Å². The van der Waals surface area contributed by atoms with Gasteiger partial charge in [0, 0.05) is 19.0 Å². The molecule has 4 nitrogen and oxygen atoms in total. The monoisotopic (exact) mass is 283 g/mol. The topological polar surface area (TPSA) is 47.0 Å². The number of nitrogens with one attached hydrogen (secondary N) is 1. The predicted octanol–water partition coefficient (Wildman–Crippen LogP) is 3.20. The summed E-state index contributed by atoms with van der Waals surface area (Å²) in [4.78, 5) is 10.3. The molecule has 0 aliphatic carbocycles. The molecule has 0 saturated heterocycles. The van der Waals surface area contributed by atoms with E-state index >= 15 is 0 Å². The van der Waals surface area contributed by atoms with Crippen LogP contribution in [0.3, 0.4) is 0 Å². The summed E-state index contributed by atoms with van der Waals surface area (Å²) in [6.07, 6.45) is 0.981. The molecule has 0 atom stereocenters. The first-order chi connectivity index (χ1) is 8.74. The van der Waals surface area contributed by atoms with Gasteiger partial charge in [0.15, 0.2) is 5.13 Å². The first-order valence-electron chi connectivity index (χ1n) is 5.89. The fourth-order valence-electron chi connectivity index (χ4n) is 1.56. The molecule has 2 heterocycles. The molecule has 2 aromatic rings. The molecule has 0 saturated carbocycles. The van der Waals surface area contributed by atoms with E-state index in [2.05, 4.69) is 27.6 Å². The minimum Gasteiger partial charge on any atom is -0.383 e. The number of hydrogen-bond acceptors (Lipinski definition) is 6. The van der Waals surface area contributed by atoms with Crippen molar-refractivity contribution >= 4 is 27.8 Å². The Balaban J connectivity index is 2.11. The minimum atomic E-state index is 0.689. The van der Waals surface area contributed by atoms with Crippen LogP contribution in [0.1, 0.15) is 17.6 Å². The highest BCUT2D eigenvalue weighted by Crippen LogP contribution is 2.32. The summed E-state index contributed by atoms with van der Waals surface area (Å²) in [5, 5.41) is 7.43. The van der Waals surface area contributed by atoms with Crippen molar-refractivity contribution in [2.24, 2.45) is 0 Å². The van der Waals surface area contributed by atoms with Crippen LogP contribution in [-0.2, 0) is 11.2 Å². The average molecular weight is 283 g/mol. The van der Waals surface area contributed by atoms with Gasteiger partial charge in [0.1, 0.15) is 0 Å². The van der Waals surface area contributed by atoms with Crippen LogP contribution in [0.25, 0.3) is 10.6 Å². The van der Waals surface area contributed by atoms with E-state index in [-0.39, 0.29) is 0 Å². The third-order valence-corrected chi connectivity index (χ3v) is 4.59. The van der Waals surface area contributed by atoms with Crippen molar-refractivity contribution in [3.8, 4) is 10.6 Å². The molecule has 98 valence electrons. The van der Waals surface area contributed by atoms with Crippen LogP contribution in [0, 0.1) is 6.92 Å². The maximum atomic E-state index is 5.00. The molecule has 0 bridgehead atoms. The van der Waals surface area contributed by atoms with Crippen molar-refractivity contribution in [2.75, 3.05) is 25.6 Å². The van der Waals surface area contributed by atoms with E-state index in [4.69, 9.17) is 4.74 Å². The van der Waals surface area contributed by atoms with Crippen molar-refractivity contribution in [2.45, 2.75) is 20.3 Å². The van der Waals surface area contributed by atoms with Crippen molar-refractivity contribution in [1.82, 2.24) is 9.97 Å². The molecular formula is C12H17N3OS2. The van der Waals surface area contributed by atoms with Crippen molar-refractivity contribution in [1.29, 1.82) is 0 Å². The van der Waals surface area contributed by atoms with E-state index in [1.807, 2.05) is 6.92 Å². The molecule has 6 heteroatoms. The molecule has 2 aromatic heterocycles. The van der Waals surface area contributed by atoms with Gasteiger partial charge in [-0.25, -0.2) is 9.97 Å². The Bertz CT molecular complexity index is 507. The van der Waals surface area contributed by atoms with E-state index in [1.54, 1.807) is 29.8 Å². The van der Waals surface area contributed by atoms with Gasteiger partial charge in [0.05, 0.1) is 27.9 Å². The number of aryl methyl sites for hydroxylation is 2. The van der Waals surface area contributed by atoms with Gasteiger partial charge >= 0.3 is 0 Å². The smallest absolute Gasteiger partial charge is 0.183 e. The van der Waals surface area contributed by atoms with E-state index < -0.39 is 0 Å². The Kier molecular flexibility index (Phi) is 4.68. The van der Waals surface area contributed by atoms with Crippen LogP contribution in [0.2, 0.25) is 0 Å². The Morgan fingerprint density at radius 1 is 1.39 bits per heavy atom. The highest BCUT2D eigenvalue weighted by atomic mass is 32.1. The highest BCUT2D eigenvalue weighted by Gasteiger charge is 2.12. The largest absolute Gasteiger partial charge is 0.383 e. The molecule has 0 spiro atoms.